The third-order valence-electron chi connectivity index (χ3n) is 2.30. The zero-order valence-corrected chi connectivity index (χ0v) is 8.89. The van der Waals surface area contributed by atoms with Crippen LogP contribution in [0, 0.1) is 6.92 Å². The molecule has 0 aliphatic rings. The first-order valence-electron chi connectivity index (χ1n) is 4.64. The lowest BCUT2D eigenvalue weighted by Crippen LogP contribution is -2.38. The van der Waals surface area contributed by atoms with Gasteiger partial charge >= 0.3 is 0 Å². The molecule has 1 rings (SSSR count). The van der Waals surface area contributed by atoms with Crippen LogP contribution in [0.3, 0.4) is 0 Å². The van der Waals surface area contributed by atoms with Crippen LogP contribution in [0.4, 0.5) is 0 Å². The van der Waals surface area contributed by atoms with Crippen molar-refractivity contribution in [2.75, 3.05) is 7.05 Å². The van der Waals surface area contributed by atoms with Gasteiger partial charge in [0.2, 0.25) is 0 Å². The van der Waals surface area contributed by atoms with E-state index in [1.165, 1.54) is 5.56 Å². The molecule has 0 saturated carbocycles. The quantitative estimate of drug-likeness (QED) is 0.765. The number of nitrogens with one attached hydrogen (secondary N) is 1. The Balaban J connectivity index is 2.69. The molecule has 2 heteroatoms. The highest BCUT2D eigenvalue weighted by atomic mass is 14.9. The molecule has 1 N–H and O–H groups in total. The number of rotatable bonds is 3. The van der Waals surface area contributed by atoms with E-state index in [0.717, 1.165) is 12.1 Å². The summed E-state index contributed by atoms with van der Waals surface area (Å²) < 4.78 is 0. The van der Waals surface area contributed by atoms with E-state index in [9.17, 15) is 0 Å². The van der Waals surface area contributed by atoms with Crippen LogP contribution in [0.1, 0.15) is 25.1 Å². The van der Waals surface area contributed by atoms with Crippen LogP contribution in [0.5, 0.6) is 0 Å². The topological polar surface area (TPSA) is 24.9 Å². The Morgan fingerprint density at radius 3 is 2.54 bits per heavy atom. The molecule has 1 aromatic rings. The van der Waals surface area contributed by atoms with Gasteiger partial charge in [-0.25, -0.2) is 0 Å². The van der Waals surface area contributed by atoms with Crippen molar-refractivity contribution in [1.82, 2.24) is 10.3 Å². The van der Waals surface area contributed by atoms with E-state index in [2.05, 4.69) is 36.3 Å². The first-order valence-corrected chi connectivity index (χ1v) is 4.64. The van der Waals surface area contributed by atoms with Crippen molar-refractivity contribution in [3.05, 3.63) is 29.6 Å². The number of pyridine rings is 1. The number of likely N-dealkylation sites (N-methyl/N-ethyl adjacent to an activating group) is 1. The maximum absolute atomic E-state index is 4.27. The Bertz CT molecular complexity index is 262. The molecule has 0 amide bonds. The molecule has 72 valence electrons. The molecule has 0 saturated heterocycles. The first-order chi connectivity index (χ1) is 6.03. The van der Waals surface area contributed by atoms with E-state index in [1.807, 2.05) is 20.2 Å². The molecule has 2 nitrogen and oxygen atoms in total. The van der Waals surface area contributed by atoms with Gasteiger partial charge in [-0.3, -0.25) is 4.98 Å². The predicted molar refractivity (Wildman–Crippen MR) is 55.8 cm³/mol. The summed E-state index contributed by atoms with van der Waals surface area (Å²) in [6.45, 7) is 6.38. The fraction of sp³-hybridized carbons (Fsp3) is 0.545. The van der Waals surface area contributed by atoms with Crippen LogP contribution in [0.15, 0.2) is 18.3 Å². The summed E-state index contributed by atoms with van der Waals surface area (Å²) >= 11 is 0. The van der Waals surface area contributed by atoms with Crippen molar-refractivity contribution in [3.8, 4) is 0 Å². The van der Waals surface area contributed by atoms with Gasteiger partial charge in [0, 0.05) is 17.4 Å². The minimum absolute atomic E-state index is 0.150. The minimum atomic E-state index is 0.150. The summed E-state index contributed by atoms with van der Waals surface area (Å²) in [7, 11) is 1.99. The molecule has 0 aromatic carbocycles. The number of hydrogen-bond acceptors (Lipinski definition) is 2. The van der Waals surface area contributed by atoms with E-state index in [1.54, 1.807) is 0 Å². The molecule has 1 aromatic heterocycles. The molecule has 0 atom stereocenters. The van der Waals surface area contributed by atoms with Crippen LogP contribution in [-0.2, 0) is 6.42 Å². The van der Waals surface area contributed by atoms with Crippen molar-refractivity contribution in [3.63, 3.8) is 0 Å². The lowest BCUT2D eigenvalue weighted by atomic mass is 9.96. The third kappa shape index (κ3) is 3.15. The summed E-state index contributed by atoms with van der Waals surface area (Å²) in [5.41, 5.74) is 2.51. The van der Waals surface area contributed by atoms with E-state index in [0.29, 0.717) is 0 Å². The maximum Gasteiger partial charge on any atom is 0.0372 e. The molecule has 0 spiro atoms. The van der Waals surface area contributed by atoms with Crippen LogP contribution in [0.25, 0.3) is 0 Å². The molecule has 0 fully saturated rings. The summed E-state index contributed by atoms with van der Waals surface area (Å²) in [6, 6.07) is 4.20. The fourth-order valence-corrected chi connectivity index (χ4v) is 1.20. The number of nitrogens with zero attached hydrogens (tertiary/aromatic N) is 1. The zero-order valence-electron chi connectivity index (χ0n) is 8.89. The molecule has 1 heterocycles. The van der Waals surface area contributed by atoms with Crippen molar-refractivity contribution < 1.29 is 0 Å². The third-order valence-corrected chi connectivity index (χ3v) is 2.30. The van der Waals surface area contributed by atoms with Crippen molar-refractivity contribution >= 4 is 0 Å². The Morgan fingerprint density at radius 1 is 1.38 bits per heavy atom. The fourth-order valence-electron chi connectivity index (χ4n) is 1.20. The van der Waals surface area contributed by atoms with Gasteiger partial charge in [-0.1, -0.05) is 6.07 Å². The normalized spacial score (nSPS) is 11.7. The Labute approximate surface area is 80.4 Å². The highest BCUT2D eigenvalue weighted by Gasteiger charge is 2.14. The van der Waals surface area contributed by atoms with Gasteiger partial charge in [0.25, 0.3) is 0 Å². The molecular weight excluding hydrogens is 160 g/mol. The summed E-state index contributed by atoms with van der Waals surface area (Å²) in [5.74, 6) is 0. The van der Waals surface area contributed by atoms with Gasteiger partial charge in [0.15, 0.2) is 0 Å². The van der Waals surface area contributed by atoms with Crippen molar-refractivity contribution in [2.45, 2.75) is 32.7 Å². The molecular formula is C11H18N2. The van der Waals surface area contributed by atoms with Gasteiger partial charge in [-0.2, -0.15) is 0 Å². The van der Waals surface area contributed by atoms with Gasteiger partial charge in [-0.15, -0.1) is 0 Å². The summed E-state index contributed by atoms with van der Waals surface area (Å²) in [5, 5.41) is 3.28. The minimum Gasteiger partial charge on any atom is -0.314 e. The van der Waals surface area contributed by atoms with E-state index in [-0.39, 0.29) is 5.54 Å². The Morgan fingerprint density at radius 2 is 2.08 bits per heavy atom. The Kier molecular flexibility index (Phi) is 3.04. The molecule has 13 heavy (non-hydrogen) atoms. The average molecular weight is 178 g/mol. The van der Waals surface area contributed by atoms with Gasteiger partial charge in [0.1, 0.15) is 0 Å². The zero-order chi connectivity index (χ0) is 9.90. The molecule has 0 radical (unpaired) electrons. The van der Waals surface area contributed by atoms with E-state index >= 15 is 0 Å². The number of aryl methyl sites for hydroxylation is 1. The largest absolute Gasteiger partial charge is 0.314 e. The summed E-state index contributed by atoms with van der Waals surface area (Å²) in [6.07, 6.45) is 2.96. The second kappa shape index (κ2) is 3.88. The predicted octanol–water partition coefficient (Wildman–Crippen LogP) is 1.93. The second-order valence-electron chi connectivity index (χ2n) is 4.12. The molecule has 0 aliphatic heterocycles. The average Bonchev–Trinajstić information content (AvgIpc) is 2.09. The first kappa shape index (κ1) is 10.2. The van der Waals surface area contributed by atoms with Gasteiger partial charge in [0.05, 0.1) is 0 Å². The van der Waals surface area contributed by atoms with Gasteiger partial charge < -0.3 is 5.32 Å². The number of hydrogen-bond donors (Lipinski definition) is 1. The summed E-state index contributed by atoms with van der Waals surface area (Å²) in [4.78, 5) is 4.27. The number of aromatic nitrogens is 1. The van der Waals surface area contributed by atoms with Crippen LogP contribution in [-0.4, -0.2) is 17.6 Å². The van der Waals surface area contributed by atoms with E-state index in [4.69, 9.17) is 0 Å². The Hall–Kier alpha value is -0.890. The highest BCUT2D eigenvalue weighted by molar-refractivity contribution is 5.15. The lowest BCUT2D eigenvalue weighted by Gasteiger charge is -2.23. The highest BCUT2D eigenvalue weighted by Crippen LogP contribution is 2.11. The van der Waals surface area contributed by atoms with Crippen molar-refractivity contribution in [1.29, 1.82) is 0 Å². The van der Waals surface area contributed by atoms with E-state index < -0.39 is 0 Å². The molecule has 0 unspecified atom stereocenters. The molecule has 0 aliphatic carbocycles. The smallest absolute Gasteiger partial charge is 0.0372 e. The SMILES string of the molecule is CNC(C)(C)Cc1ccc(C)nc1. The van der Waals surface area contributed by atoms with Crippen LogP contribution >= 0.6 is 0 Å². The van der Waals surface area contributed by atoms with Gasteiger partial charge in [-0.05, 0) is 45.9 Å². The van der Waals surface area contributed by atoms with Crippen LogP contribution < -0.4 is 5.32 Å². The lowest BCUT2D eigenvalue weighted by molar-refractivity contribution is 0.421. The standard InChI is InChI=1S/C11H18N2/c1-9-5-6-10(8-13-9)7-11(2,3)12-4/h5-6,8,12H,7H2,1-4H3. The monoisotopic (exact) mass is 178 g/mol. The second-order valence-corrected chi connectivity index (χ2v) is 4.12. The molecule has 0 bridgehead atoms. The maximum atomic E-state index is 4.27. The van der Waals surface area contributed by atoms with Crippen LogP contribution in [0.2, 0.25) is 0 Å². The van der Waals surface area contributed by atoms with Crippen molar-refractivity contribution in [2.24, 2.45) is 0 Å².